The number of carbonyl (C=O) groups is 3. The van der Waals surface area contributed by atoms with E-state index in [9.17, 15) is 14.4 Å². The zero-order valence-electron chi connectivity index (χ0n) is 15.8. The highest BCUT2D eigenvalue weighted by Crippen LogP contribution is 2.30. The highest BCUT2D eigenvalue weighted by molar-refractivity contribution is 5.91. The van der Waals surface area contributed by atoms with Crippen LogP contribution in [0.15, 0.2) is 12.2 Å². The Morgan fingerprint density at radius 3 is 2.38 bits per heavy atom. The Morgan fingerprint density at radius 1 is 1.19 bits per heavy atom. The maximum atomic E-state index is 12.8. The number of carbonyl (C=O) groups excluding carboxylic acids is 2. The van der Waals surface area contributed by atoms with E-state index in [1.807, 2.05) is 0 Å². The molecular weight excluding hydrogens is 340 g/mol. The van der Waals surface area contributed by atoms with Crippen LogP contribution in [0.3, 0.4) is 0 Å². The third-order valence-corrected chi connectivity index (χ3v) is 4.22. The second-order valence-electron chi connectivity index (χ2n) is 6.78. The van der Waals surface area contributed by atoms with Gasteiger partial charge in [0.25, 0.3) is 0 Å². The zero-order chi connectivity index (χ0) is 19.6. The molecule has 2 unspecified atom stereocenters. The Hall–Kier alpha value is -1.89. The van der Waals surface area contributed by atoms with Gasteiger partial charge in [0.2, 0.25) is 5.60 Å². The van der Waals surface area contributed by atoms with Crippen LogP contribution in [0, 0.1) is 0 Å². The molecule has 0 saturated carbocycles. The molecule has 1 aliphatic heterocycles. The Morgan fingerprint density at radius 2 is 1.85 bits per heavy atom. The van der Waals surface area contributed by atoms with E-state index in [0.717, 1.165) is 19.3 Å². The predicted molar refractivity (Wildman–Crippen MR) is 94.6 cm³/mol. The van der Waals surface area contributed by atoms with E-state index in [0.29, 0.717) is 19.4 Å². The Bertz CT molecular complexity index is 510. The number of carboxylic acid groups (broad SMARTS) is 1. The summed E-state index contributed by atoms with van der Waals surface area (Å²) in [4.78, 5) is 35.7. The third-order valence-electron chi connectivity index (χ3n) is 4.22. The molecule has 0 radical (unpaired) electrons. The van der Waals surface area contributed by atoms with Crippen molar-refractivity contribution in [2.24, 2.45) is 0 Å². The molecule has 0 spiro atoms. The van der Waals surface area contributed by atoms with Crippen molar-refractivity contribution in [3.05, 3.63) is 12.2 Å². The standard InChI is InChI=1S/C19H30O7/c1-4-5-6-7-10-19(11-8-9-16(20)21,26-17(22)14(2)3)18(23)25-13-15-12-24-15/h15H,2,4-13H2,1,3H3,(H,20,21). The van der Waals surface area contributed by atoms with Gasteiger partial charge in [-0.2, -0.15) is 0 Å². The number of hydrogen-bond acceptors (Lipinski definition) is 6. The van der Waals surface area contributed by atoms with Crippen molar-refractivity contribution in [3.8, 4) is 0 Å². The van der Waals surface area contributed by atoms with E-state index in [4.69, 9.17) is 19.3 Å². The maximum Gasteiger partial charge on any atom is 0.350 e. The normalized spacial score (nSPS) is 17.8. The summed E-state index contributed by atoms with van der Waals surface area (Å²) < 4.78 is 15.9. The lowest BCUT2D eigenvalue weighted by Gasteiger charge is -2.31. The molecule has 1 N–H and O–H groups in total. The van der Waals surface area contributed by atoms with E-state index < -0.39 is 23.5 Å². The zero-order valence-corrected chi connectivity index (χ0v) is 15.8. The van der Waals surface area contributed by atoms with Crippen LogP contribution in [0.1, 0.15) is 65.2 Å². The molecule has 7 nitrogen and oxygen atoms in total. The van der Waals surface area contributed by atoms with E-state index in [-0.39, 0.29) is 37.5 Å². The van der Waals surface area contributed by atoms with Gasteiger partial charge >= 0.3 is 17.9 Å². The van der Waals surface area contributed by atoms with Gasteiger partial charge in [0.15, 0.2) is 0 Å². The molecule has 0 aliphatic carbocycles. The van der Waals surface area contributed by atoms with Gasteiger partial charge in [-0.05, 0) is 32.6 Å². The summed E-state index contributed by atoms with van der Waals surface area (Å²) in [6, 6.07) is 0. The van der Waals surface area contributed by atoms with E-state index in [2.05, 4.69) is 13.5 Å². The minimum absolute atomic E-state index is 0.104. The van der Waals surface area contributed by atoms with Crippen molar-refractivity contribution in [1.82, 2.24) is 0 Å². The lowest BCUT2D eigenvalue weighted by atomic mass is 9.89. The SMILES string of the molecule is C=C(C)C(=O)OC(CCCCCC)(CCCC(=O)O)C(=O)OCC1CO1. The first kappa shape index (κ1) is 22.2. The second kappa shape index (κ2) is 11.0. The molecule has 1 aliphatic rings. The van der Waals surface area contributed by atoms with Gasteiger partial charge in [-0.1, -0.05) is 32.8 Å². The molecule has 0 aromatic rings. The Balaban J connectivity index is 2.88. The number of epoxide rings is 1. The predicted octanol–water partition coefficient (Wildman–Crippen LogP) is 3.01. The molecule has 1 heterocycles. The average Bonchev–Trinajstić information content (AvgIpc) is 3.40. The molecule has 148 valence electrons. The highest BCUT2D eigenvalue weighted by atomic mass is 16.6. The van der Waals surface area contributed by atoms with Crippen LogP contribution < -0.4 is 0 Å². The van der Waals surface area contributed by atoms with E-state index in [1.54, 1.807) is 0 Å². The molecular formula is C19H30O7. The fourth-order valence-electron chi connectivity index (χ4n) is 2.56. The molecule has 1 rings (SSSR count). The molecule has 1 fully saturated rings. The van der Waals surface area contributed by atoms with Crippen LogP contribution in [0.2, 0.25) is 0 Å². The van der Waals surface area contributed by atoms with Crippen molar-refractivity contribution in [3.63, 3.8) is 0 Å². The van der Waals surface area contributed by atoms with Crippen molar-refractivity contribution < 1.29 is 33.7 Å². The molecule has 0 aromatic carbocycles. The average molecular weight is 370 g/mol. The smallest absolute Gasteiger partial charge is 0.350 e. The molecule has 0 aromatic heterocycles. The molecule has 26 heavy (non-hydrogen) atoms. The van der Waals surface area contributed by atoms with Crippen LogP contribution in [0.25, 0.3) is 0 Å². The Kier molecular flexibility index (Phi) is 9.34. The number of aliphatic carboxylic acids is 1. The van der Waals surface area contributed by atoms with Crippen LogP contribution in [-0.2, 0) is 28.6 Å². The van der Waals surface area contributed by atoms with Gasteiger partial charge in [0.05, 0.1) is 6.61 Å². The molecule has 7 heteroatoms. The lowest BCUT2D eigenvalue weighted by Crippen LogP contribution is -2.45. The van der Waals surface area contributed by atoms with Crippen LogP contribution >= 0.6 is 0 Å². The second-order valence-corrected chi connectivity index (χ2v) is 6.78. The fraction of sp³-hybridized carbons (Fsp3) is 0.737. The molecule has 0 amide bonds. The summed E-state index contributed by atoms with van der Waals surface area (Å²) in [6.07, 6.45) is 4.01. The maximum absolute atomic E-state index is 12.8. The Labute approximate surface area is 154 Å². The van der Waals surface area contributed by atoms with E-state index >= 15 is 0 Å². The van der Waals surface area contributed by atoms with Crippen molar-refractivity contribution in [2.75, 3.05) is 13.2 Å². The molecule has 0 bridgehead atoms. The highest BCUT2D eigenvalue weighted by Gasteiger charge is 2.44. The molecule has 1 saturated heterocycles. The van der Waals surface area contributed by atoms with Crippen LogP contribution in [-0.4, -0.2) is 47.9 Å². The quantitative estimate of drug-likeness (QED) is 0.217. The van der Waals surface area contributed by atoms with Crippen LogP contribution in [0.4, 0.5) is 0 Å². The summed E-state index contributed by atoms with van der Waals surface area (Å²) in [5.74, 6) is -2.27. The minimum Gasteiger partial charge on any atom is -0.481 e. The summed E-state index contributed by atoms with van der Waals surface area (Å²) in [7, 11) is 0. The van der Waals surface area contributed by atoms with Crippen LogP contribution in [0.5, 0.6) is 0 Å². The lowest BCUT2D eigenvalue weighted by molar-refractivity contribution is -0.183. The van der Waals surface area contributed by atoms with Gasteiger partial charge in [0, 0.05) is 12.0 Å². The van der Waals surface area contributed by atoms with Gasteiger partial charge < -0.3 is 19.3 Å². The topological polar surface area (TPSA) is 102 Å². The van der Waals surface area contributed by atoms with Crippen molar-refractivity contribution >= 4 is 17.9 Å². The summed E-state index contributed by atoms with van der Waals surface area (Å²) >= 11 is 0. The number of ether oxygens (including phenoxy) is 3. The largest absolute Gasteiger partial charge is 0.481 e. The van der Waals surface area contributed by atoms with Gasteiger partial charge in [0.1, 0.15) is 12.7 Å². The number of unbranched alkanes of at least 4 members (excludes halogenated alkanes) is 3. The third kappa shape index (κ3) is 7.99. The summed E-state index contributed by atoms with van der Waals surface area (Å²) in [5.41, 5.74) is -1.30. The summed E-state index contributed by atoms with van der Waals surface area (Å²) in [5, 5.41) is 8.89. The summed E-state index contributed by atoms with van der Waals surface area (Å²) in [6.45, 7) is 7.79. The monoisotopic (exact) mass is 370 g/mol. The number of esters is 2. The minimum atomic E-state index is -1.48. The first-order valence-corrected chi connectivity index (χ1v) is 9.20. The van der Waals surface area contributed by atoms with Gasteiger partial charge in [-0.15, -0.1) is 0 Å². The van der Waals surface area contributed by atoms with Crippen molar-refractivity contribution in [1.29, 1.82) is 0 Å². The van der Waals surface area contributed by atoms with E-state index in [1.165, 1.54) is 6.92 Å². The number of hydrogen-bond donors (Lipinski definition) is 1. The number of carboxylic acids is 1. The fourth-order valence-corrected chi connectivity index (χ4v) is 2.56. The number of rotatable bonds is 14. The van der Waals surface area contributed by atoms with Gasteiger partial charge in [-0.3, -0.25) is 4.79 Å². The first-order valence-electron chi connectivity index (χ1n) is 9.20. The molecule has 2 atom stereocenters. The van der Waals surface area contributed by atoms with Gasteiger partial charge in [-0.25, -0.2) is 9.59 Å². The van der Waals surface area contributed by atoms with Crippen molar-refractivity contribution in [2.45, 2.75) is 76.9 Å². The first-order chi connectivity index (χ1) is 12.3.